The topological polar surface area (TPSA) is 117 Å². The lowest BCUT2D eigenvalue weighted by molar-refractivity contribution is -0.126. The molecule has 0 bridgehead atoms. The van der Waals surface area contributed by atoms with E-state index in [2.05, 4.69) is 15.8 Å². The molecule has 216 valence electrons. The number of aryl methyl sites for hydroxylation is 1. The van der Waals surface area contributed by atoms with Crippen LogP contribution < -0.4 is 15.5 Å². The van der Waals surface area contributed by atoms with Crippen LogP contribution >= 0.6 is 11.6 Å². The first kappa shape index (κ1) is 30.2. The van der Waals surface area contributed by atoms with E-state index in [1.165, 1.54) is 4.31 Å². The number of carbonyl (C=O) groups excluding carboxylic acids is 2. The Balaban J connectivity index is 1.26. The summed E-state index contributed by atoms with van der Waals surface area (Å²) in [6.07, 6.45) is 0.111. The summed E-state index contributed by atoms with van der Waals surface area (Å²) in [5, 5.41) is 7.66. The van der Waals surface area contributed by atoms with Crippen molar-refractivity contribution in [2.45, 2.75) is 44.6 Å². The fourth-order valence-corrected chi connectivity index (χ4v) is 6.14. The van der Waals surface area contributed by atoms with Crippen molar-refractivity contribution in [3.05, 3.63) is 88.9 Å². The zero-order valence-electron chi connectivity index (χ0n) is 23.1. The maximum atomic E-state index is 12.8. The molecule has 9 nitrogen and oxygen atoms in total. The first-order chi connectivity index (χ1) is 19.5. The highest BCUT2D eigenvalue weighted by Gasteiger charge is 2.32. The number of nitrogens with zero attached hydrogens (tertiary/aromatic N) is 2. The van der Waals surface area contributed by atoms with E-state index in [9.17, 15) is 18.0 Å². The van der Waals surface area contributed by atoms with Crippen molar-refractivity contribution in [3.63, 3.8) is 0 Å². The molecule has 0 aromatic heterocycles. The van der Waals surface area contributed by atoms with Gasteiger partial charge in [-0.05, 0) is 87.2 Å². The van der Waals surface area contributed by atoms with Crippen molar-refractivity contribution in [1.82, 2.24) is 9.73 Å². The van der Waals surface area contributed by atoms with Crippen molar-refractivity contribution in [3.8, 4) is 5.75 Å². The second-order valence-electron chi connectivity index (χ2n) is 9.90. The number of anilines is 1. The van der Waals surface area contributed by atoms with E-state index in [4.69, 9.17) is 16.3 Å². The normalized spacial score (nSPS) is 15.7. The number of hydrazone groups is 1. The fraction of sp³-hybridized carbons (Fsp3) is 0.300. The highest BCUT2D eigenvalue weighted by atomic mass is 35.5. The maximum absolute atomic E-state index is 12.8. The number of ether oxygens (including phenoxy) is 1. The zero-order chi connectivity index (χ0) is 29.6. The quantitative estimate of drug-likeness (QED) is 0.266. The smallest absolute Gasteiger partial charge is 0.265 e. The third-order valence-electron chi connectivity index (χ3n) is 6.92. The monoisotopic (exact) mass is 596 g/mol. The first-order valence-corrected chi connectivity index (χ1v) is 15.1. The summed E-state index contributed by atoms with van der Waals surface area (Å²) >= 11 is 5.98. The van der Waals surface area contributed by atoms with Crippen molar-refractivity contribution < 1.29 is 22.7 Å². The Kier molecular flexibility index (Phi) is 9.80. The van der Waals surface area contributed by atoms with Crippen molar-refractivity contribution in [2.24, 2.45) is 11.0 Å². The van der Waals surface area contributed by atoms with Gasteiger partial charge >= 0.3 is 0 Å². The average Bonchev–Trinajstić information content (AvgIpc) is 2.98. The Labute approximate surface area is 245 Å². The van der Waals surface area contributed by atoms with Crippen LogP contribution in [0, 0.1) is 12.8 Å². The zero-order valence-corrected chi connectivity index (χ0v) is 24.7. The maximum Gasteiger partial charge on any atom is 0.265 e. The van der Waals surface area contributed by atoms with E-state index < -0.39 is 16.1 Å². The molecule has 1 fully saturated rings. The van der Waals surface area contributed by atoms with Gasteiger partial charge in [0.05, 0.1) is 10.6 Å². The number of carbonyl (C=O) groups is 2. The predicted octanol–water partition coefficient (Wildman–Crippen LogP) is 5.00. The Morgan fingerprint density at radius 3 is 2.32 bits per heavy atom. The van der Waals surface area contributed by atoms with Crippen molar-refractivity contribution >= 4 is 44.8 Å². The van der Waals surface area contributed by atoms with Crippen LogP contribution in [0.2, 0.25) is 5.02 Å². The van der Waals surface area contributed by atoms with E-state index in [-0.39, 0.29) is 35.7 Å². The molecule has 11 heteroatoms. The number of sulfonamides is 1. The molecule has 2 N–H and O–H groups in total. The molecule has 3 aromatic carbocycles. The summed E-state index contributed by atoms with van der Waals surface area (Å²) in [6.45, 7) is 5.85. The summed E-state index contributed by atoms with van der Waals surface area (Å²) in [5.74, 6) is -0.279. The number of rotatable bonds is 9. The molecule has 3 aromatic rings. The first-order valence-electron chi connectivity index (χ1n) is 13.3. The van der Waals surface area contributed by atoms with Gasteiger partial charge in [-0.15, -0.1) is 0 Å². The minimum Gasteiger partial charge on any atom is -0.481 e. The van der Waals surface area contributed by atoms with Gasteiger partial charge < -0.3 is 10.1 Å². The van der Waals surface area contributed by atoms with Gasteiger partial charge in [-0.25, -0.2) is 13.8 Å². The standard InChI is InChI=1S/C30H33ClN4O5S/c1-20-19-25(31)11-14-28(20)40-22(3)29(36)32-26-12-9-23(10-13-26)21(2)33-34-30(37)24-15-17-35(18-16-24)41(38,39)27-7-5-4-6-8-27/h4-14,19,22,24H,15-18H2,1-3H3,(H,32,36)(H,34,37)/b33-21+. The van der Waals surface area contributed by atoms with Crippen molar-refractivity contribution in [1.29, 1.82) is 0 Å². The molecule has 41 heavy (non-hydrogen) atoms. The van der Waals surface area contributed by atoms with Gasteiger partial charge in [0.1, 0.15) is 5.75 Å². The number of benzene rings is 3. The van der Waals surface area contributed by atoms with E-state index in [1.807, 2.05) is 6.92 Å². The summed E-state index contributed by atoms with van der Waals surface area (Å²) in [5.41, 5.74) is 5.41. The summed E-state index contributed by atoms with van der Waals surface area (Å²) in [6, 6.07) is 20.6. The highest BCUT2D eigenvalue weighted by Crippen LogP contribution is 2.25. The molecule has 0 spiro atoms. The Morgan fingerprint density at radius 1 is 1.02 bits per heavy atom. The Morgan fingerprint density at radius 2 is 1.68 bits per heavy atom. The van der Waals surface area contributed by atoms with Crippen LogP contribution in [0.25, 0.3) is 0 Å². The van der Waals surface area contributed by atoms with Gasteiger partial charge in [0.2, 0.25) is 15.9 Å². The van der Waals surface area contributed by atoms with E-state index in [0.717, 1.165) is 11.1 Å². The molecule has 1 saturated heterocycles. The van der Waals surface area contributed by atoms with Gasteiger partial charge in [-0.1, -0.05) is 41.9 Å². The number of hydrogen-bond donors (Lipinski definition) is 2. The lowest BCUT2D eigenvalue weighted by atomic mass is 9.98. The molecule has 0 aliphatic carbocycles. The van der Waals surface area contributed by atoms with Crippen LogP contribution in [0.3, 0.4) is 0 Å². The van der Waals surface area contributed by atoms with Crippen LogP contribution in [-0.4, -0.2) is 49.4 Å². The third kappa shape index (κ3) is 7.72. The van der Waals surface area contributed by atoms with E-state index in [1.54, 1.807) is 86.6 Å². The molecule has 0 saturated carbocycles. The Bertz CT molecular complexity index is 1520. The molecule has 4 rings (SSSR count). The van der Waals surface area contributed by atoms with Gasteiger partial charge in [0, 0.05) is 29.7 Å². The molecular weight excluding hydrogens is 564 g/mol. The summed E-state index contributed by atoms with van der Waals surface area (Å²) in [7, 11) is -3.57. The molecule has 0 radical (unpaired) electrons. The lowest BCUT2D eigenvalue weighted by Crippen LogP contribution is -2.42. The molecule has 1 aliphatic rings. The SMILES string of the molecule is C/C(=N\NC(=O)C1CCN(S(=O)(=O)c2ccccc2)CC1)c1ccc(NC(=O)C(C)Oc2ccc(Cl)cc2C)cc1. The van der Waals surface area contributed by atoms with Gasteiger partial charge in [0.25, 0.3) is 5.91 Å². The average molecular weight is 597 g/mol. The number of hydrogen-bond acceptors (Lipinski definition) is 6. The summed E-state index contributed by atoms with van der Waals surface area (Å²) in [4.78, 5) is 25.6. The van der Waals surface area contributed by atoms with Gasteiger partial charge in [0.15, 0.2) is 6.10 Å². The number of piperidine rings is 1. The molecule has 1 heterocycles. The lowest BCUT2D eigenvalue weighted by Gasteiger charge is -2.30. The predicted molar refractivity (Wildman–Crippen MR) is 160 cm³/mol. The second-order valence-corrected chi connectivity index (χ2v) is 12.3. The van der Waals surface area contributed by atoms with Crippen LogP contribution in [-0.2, 0) is 19.6 Å². The van der Waals surface area contributed by atoms with Crippen LogP contribution in [0.5, 0.6) is 5.75 Å². The Hall–Kier alpha value is -3.73. The fourth-order valence-electron chi connectivity index (χ4n) is 4.42. The van der Waals surface area contributed by atoms with Crippen LogP contribution in [0.15, 0.2) is 82.8 Å². The second kappa shape index (κ2) is 13.3. The van der Waals surface area contributed by atoms with Crippen LogP contribution in [0.4, 0.5) is 5.69 Å². The number of nitrogens with one attached hydrogen (secondary N) is 2. The van der Waals surface area contributed by atoms with E-state index >= 15 is 0 Å². The minimum absolute atomic E-state index is 0.241. The molecule has 1 atom stereocenters. The van der Waals surface area contributed by atoms with Crippen LogP contribution in [0.1, 0.15) is 37.8 Å². The molecular formula is C30H33ClN4O5S. The largest absolute Gasteiger partial charge is 0.481 e. The van der Waals surface area contributed by atoms with Crippen molar-refractivity contribution in [2.75, 3.05) is 18.4 Å². The highest BCUT2D eigenvalue weighted by molar-refractivity contribution is 7.89. The molecule has 1 aliphatic heterocycles. The summed E-state index contributed by atoms with van der Waals surface area (Å²) < 4.78 is 32.8. The number of halogens is 1. The minimum atomic E-state index is -3.57. The van der Waals surface area contributed by atoms with Gasteiger partial charge in [-0.3, -0.25) is 9.59 Å². The number of amides is 2. The van der Waals surface area contributed by atoms with E-state index in [0.29, 0.717) is 35.0 Å². The third-order valence-corrected chi connectivity index (χ3v) is 9.07. The molecule has 2 amide bonds. The molecule has 1 unspecified atom stereocenters. The van der Waals surface area contributed by atoms with Gasteiger partial charge in [-0.2, -0.15) is 9.41 Å².